The van der Waals surface area contributed by atoms with Crippen LogP contribution in [-0.4, -0.2) is 54.8 Å². The van der Waals surface area contributed by atoms with E-state index in [1.807, 2.05) is 111 Å². The Morgan fingerprint density at radius 3 is 1.08 bits per heavy atom. The van der Waals surface area contributed by atoms with E-state index in [0.29, 0.717) is 13.2 Å². The molecule has 0 N–H and O–H groups in total. The Morgan fingerprint density at radius 2 is 0.788 bits per heavy atom. The number of fused-ring (bicyclic) bond motifs is 4. The van der Waals surface area contributed by atoms with E-state index in [-0.39, 0.29) is 38.1 Å². The molecule has 10 nitrogen and oxygen atoms in total. The van der Waals surface area contributed by atoms with Gasteiger partial charge < -0.3 is 9.47 Å². The first-order valence-corrected chi connectivity index (χ1v) is 16.8. The zero-order valence-corrected chi connectivity index (χ0v) is 31.7. The zero-order chi connectivity index (χ0) is 35.7. The Balaban J connectivity index is 0.000000168. The van der Waals surface area contributed by atoms with Gasteiger partial charge in [0.05, 0.1) is 31.0 Å². The van der Waals surface area contributed by atoms with Crippen molar-refractivity contribution in [3.05, 3.63) is 121 Å². The van der Waals surface area contributed by atoms with Crippen LogP contribution in [-0.2, 0) is 29.7 Å². The van der Waals surface area contributed by atoms with Gasteiger partial charge in [-0.15, -0.1) is 30.0 Å². The maximum atomic E-state index is 10.0. The van der Waals surface area contributed by atoms with Crippen LogP contribution >= 0.6 is 0 Å². The molecule has 0 atom stereocenters. The van der Waals surface area contributed by atoms with Crippen LogP contribution in [0, 0.1) is 0 Å². The van der Waals surface area contributed by atoms with Gasteiger partial charge in [-0.05, 0) is 76.2 Å². The van der Waals surface area contributed by atoms with Gasteiger partial charge in [-0.25, -0.2) is 0 Å². The number of carbonyl (C=O) groups excluding carboxylic acids is 2. The molecule has 0 aliphatic carbocycles. The summed E-state index contributed by atoms with van der Waals surface area (Å²) in [7, 11) is 0. The molecular weight excluding hydrogens is 833 g/mol. The Bertz CT molecular complexity index is 2240. The molecule has 52 heavy (non-hydrogen) atoms. The molecule has 0 spiro atoms. The number of Topliss-reactive ketones (excluding diaryl/α,β-unsaturated/α-hetero) is 2. The molecule has 0 bridgehead atoms. The Morgan fingerprint density at radius 1 is 0.481 bits per heavy atom. The van der Waals surface area contributed by atoms with Gasteiger partial charge in [0.1, 0.15) is 45.1 Å². The van der Waals surface area contributed by atoms with Crippen molar-refractivity contribution in [1.82, 2.24) is 30.0 Å². The average molecular weight is 871 g/mol. The Kier molecular flexibility index (Phi) is 12.6. The van der Waals surface area contributed by atoms with E-state index in [0.717, 1.165) is 66.5 Å². The maximum absolute atomic E-state index is 10.0. The van der Waals surface area contributed by atoms with E-state index in [2.05, 4.69) is 44.7 Å². The summed E-state index contributed by atoms with van der Waals surface area (Å²) in [5.41, 5.74) is 5.47. The first-order valence-electron chi connectivity index (χ1n) is 16.8. The van der Waals surface area contributed by atoms with Gasteiger partial charge in [0.2, 0.25) is 0 Å². The quantitative estimate of drug-likeness (QED) is 0.140. The number of ketones is 2. The van der Waals surface area contributed by atoms with Gasteiger partial charge in [0.15, 0.2) is 0 Å². The minimum Gasteiger partial charge on any atom is -0.493 e. The van der Waals surface area contributed by atoms with Crippen LogP contribution in [0.15, 0.2) is 121 Å². The van der Waals surface area contributed by atoms with Crippen LogP contribution in [0.5, 0.6) is 11.5 Å². The molecule has 0 saturated heterocycles. The fourth-order valence-corrected chi connectivity index (χ4v) is 5.71. The van der Waals surface area contributed by atoms with Crippen molar-refractivity contribution in [2.24, 2.45) is 0 Å². The SMILES string of the molecule is CC(=O)CC(C)=O.CCOc1ccc(-n2nc3ccccc3n2)c2ccccc12.CCOc1ccc(-n2nc3ccccc3n2)c2ccccc12.[Ir]. The molecule has 8 aromatic rings. The summed E-state index contributed by atoms with van der Waals surface area (Å²) in [6, 6.07) is 40.1. The summed E-state index contributed by atoms with van der Waals surface area (Å²) < 4.78 is 11.4. The van der Waals surface area contributed by atoms with Crippen LogP contribution in [0.4, 0.5) is 0 Å². The van der Waals surface area contributed by atoms with Crippen LogP contribution in [0.1, 0.15) is 34.1 Å². The molecule has 8 rings (SSSR count). The molecule has 2 heterocycles. The summed E-state index contributed by atoms with van der Waals surface area (Å²) >= 11 is 0. The number of nitrogens with zero attached hydrogens (tertiary/aromatic N) is 6. The predicted octanol–water partition coefficient (Wildman–Crippen LogP) is 8.50. The third kappa shape index (κ3) is 8.57. The summed E-state index contributed by atoms with van der Waals surface area (Å²) in [6.07, 6.45) is 0.0833. The molecule has 0 fully saturated rings. The van der Waals surface area contributed by atoms with Gasteiger partial charge >= 0.3 is 0 Å². The number of ether oxygens (including phenoxy) is 2. The Labute approximate surface area is 314 Å². The van der Waals surface area contributed by atoms with Crippen molar-refractivity contribution >= 4 is 55.2 Å². The molecule has 0 aliphatic heterocycles. The van der Waals surface area contributed by atoms with Crippen molar-refractivity contribution in [2.45, 2.75) is 34.1 Å². The van der Waals surface area contributed by atoms with Crippen molar-refractivity contribution in [3.63, 3.8) is 0 Å². The molecule has 11 heteroatoms. The van der Waals surface area contributed by atoms with Crippen molar-refractivity contribution < 1.29 is 39.2 Å². The van der Waals surface area contributed by atoms with E-state index < -0.39 is 0 Å². The number of rotatable bonds is 8. The van der Waals surface area contributed by atoms with Gasteiger partial charge in [-0.1, -0.05) is 72.8 Å². The number of carbonyl (C=O) groups is 2. The van der Waals surface area contributed by atoms with E-state index in [4.69, 9.17) is 9.47 Å². The third-order valence-electron chi connectivity index (χ3n) is 7.82. The first kappa shape index (κ1) is 37.5. The number of benzene rings is 6. The van der Waals surface area contributed by atoms with Crippen LogP contribution in [0.3, 0.4) is 0 Å². The van der Waals surface area contributed by atoms with E-state index in [9.17, 15) is 9.59 Å². The fraction of sp³-hybridized carbons (Fsp3) is 0.171. The van der Waals surface area contributed by atoms with Crippen LogP contribution in [0.25, 0.3) is 55.0 Å². The Hall–Kier alpha value is -5.77. The largest absolute Gasteiger partial charge is 0.493 e. The monoisotopic (exact) mass is 871 g/mol. The second-order valence-corrected chi connectivity index (χ2v) is 11.7. The zero-order valence-electron chi connectivity index (χ0n) is 29.3. The van der Waals surface area contributed by atoms with E-state index in [1.165, 1.54) is 13.8 Å². The standard InChI is InChI=1S/2C18H15N3O.C5H8O2.Ir/c2*1-2-22-18-12-11-17(13-7-3-4-8-14(13)18)21-19-15-9-5-6-10-16(15)20-21;1-4(6)3-5(2)7;/h2*3-12H,2H2,1H3;3H2,1-2H3;. The van der Waals surface area contributed by atoms with Crippen molar-refractivity contribution in [1.29, 1.82) is 0 Å². The molecule has 2 aromatic heterocycles. The maximum Gasteiger partial charge on any atom is 0.137 e. The normalized spacial score (nSPS) is 10.5. The average Bonchev–Trinajstić information content (AvgIpc) is 3.77. The third-order valence-corrected chi connectivity index (χ3v) is 7.82. The molecule has 0 amide bonds. The minimum absolute atomic E-state index is 0. The topological polar surface area (TPSA) is 114 Å². The molecule has 0 saturated carbocycles. The molecule has 0 unspecified atom stereocenters. The molecule has 1 radical (unpaired) electrons. The van der Waals surface area contributed by atoms with Gasteiger partial charge in [-0.3, -0.25) is 9.59 Å². The van der Waals surface area contributed by atoms with Crippen LogP contribution < -0.4 is 9.47 Å². The van der Waals surface area contributed by atoms with Crippen molar-refractivity contribution in [3.8, 4) is 22.9 Å². The summed E-state index contributed by atoms with van der Waals surface area (Å²) in [5.74, 6) is 1.65. The minimum atomic E-state index is -0.0625. The number of hydrogen-bond donors (Lipinski definition) is 0. The van der Waals surface area contributed by atoms with Crippen LogP contribution in [0.2, 0.25) is 0 Å². The summed E-state index contributed by atoms with van der Waals surface area (Å²) in [6.45, 7) is 8.08. The van der Waals surface area contributed by atoms with Crippen molar-refractivity contribution in [2.75, 3.05) is 13.2 Å². The number of aromatic nitrogens is 6. The molecular formula is C41H38IrN6O4. The van der Waals surface area contributed by atoms with Gasteiger partial charge in [-0.2, -0.15) is 0 Å². The predicted molar refractivity (Wildman–Crippen MR) is 201 cm³/mol. The van der Waals surface area contributed by atoms with E-state index in [1.54, 1.807) is 9.59 Å². The van der Waals surface area contributed by atoms with E-state index >= 15 is 0 Å². The van der Waals surface area contributed by atoms with Gasteiger partial charge in [0.25, 0.3) is 0 Å². The second kappa shape index (κ2) is 17.4. The second-order valence-electron chi connectivity index (χ2n) is 11.7. The van der Waals surface area contributed by atoms with Gasteiger partial charge in [0, 0.05) is 41.7 Å². The number of hydrogen-bond acceptors (Lipinski definition) is 8. The summed E-state index contributed by atoms with van der Waals surface area (Å²) in [4.78, 5) is 23.5. The smallest absolute Gasteiger partial charge is 0.137 e. The first-order chi connectivity index (χ1) is 24.9. The molecule has 0 aliphatic rings. The fourth-order valence-electron chi connectivity index (χ4n) is 5.71. The molecule has 6 aromatic carbocycles. The molecule has 265 valence electrons. The summed E-state index contributed by atoms with van der Waals surface area (Å²) in [5, 5.41) is 22.6.